The Morgan fingerprint density at radius 1 is 1.35 bits per heavy atom. The van der Waals surface area contributed by atoms with Crippen LogP contribution in [0.3, 0.4) is 0 Å². The molecule has 3 aliphatic rings. The molecule has 7 heteroatoms. The standard InChI is InChI=1S/C16H23N3O4/c17-16(21)19-7-6-11-9-12(4-5-13(11)10-19)15(20)18-23-14-3-1-2-8-22-14/h5,9,12,14H,1-4,6-8,10H2,(H2,17,21)(H,18,20). The van der Waals surface area contributed by atoms with Gasteiger partial charge in [0.2, 0.25) is 0 Å². The van der Waals surface area contributed by atoms with Crippen LogP contribution in [0.4, 0.5) is 4.79 Å². The number of hydrogen-bond donors (Lipinski definition) is 2. The van der Waals surface area contributed by atoms with Gasteiger partial charge in [0.15, 0.2) is 6.29 Å². The molecule has 0 bridgehead atoms. The molecule has 2 unspecified atom stereocenters. The summed E-state index contributed by atoms with van der Waals surface area (Å²) in [6.07, 6.45) is 7.89. The average Bonchev–Trinajstić information content (AvgIpc) is 2.59. The number of ether oxygens (including phenoxy) is 1. The molecule has 0 aromatic carbocycles. The molecular weight excluding hydrogens is 298 g/mol. The van der Waals surface area contributed by atoms with E-state index in [1.807, 2.05) is 12.2 Å². The molecule has 3 rings (SSSR count). The van der Waals surface area contributed by atoms with Gasteiger partial charge in [-0.3, -0.25) is 4.79 Å². The summed E-state index contributed by atoms with van der Waals surface area (Å²) in [5.41, 5.74) is 10.1. The van der Waals surface area contributed by atoms with Gasteiger partial charge in [0.05, 0.1) is 5.92 Å². The number of urea groups is 1. The summed E-state index contributed by atoms with van der Waals surface area (Å²) in [4.78, 5) is 30.4. The number of amides is 3. The van der Waals surface area contributed by atoms with Gasteiger partial charge in [0.1, 0.15) is 0 Å². The summed E-state index contributed by atoms with van der Waals surface area (Å²) in [5.74, 6) is -0.392. The molecule has 2 aliphatic heterocycles. The van der Waals surface area contributed by atoms with Crippen molar-refractivity contribution in [3.8, 4) is 0 Å². The molecule has 2 saturated heterocycles. The van der Waals surface area contributed by atoms with E-state index in [-0.39, 0.29) is 18.1 Å². The fraction of sp³-hybridized carbons (Fsp3) is 0.625. The van der Waals surface area contributed by atoms with Gasteiger partial charge in [-0.15, -0.1) is 0 Å². The minimum atomic E-state index is -0.398. The number of nitrogens with two attached hydrogens (primary N) is 1. The highest BCUT2D eigenvalue weighted by molar-refractivity contribution is 5.80. The Bertz CT molecular complexity index is 537. The van der Waals surface area contributed by atoms with Gasteiger partial charge in [-0.1, -0.05) is 12.2 Å². The van der Waals surface area contributed by atoms with Crippen molar-refractivity contribution in [3.05, 3.63) is 23.3 Å². The van der Waals surface area contributed by atoms with Gasteiger partial charge < -0.3 is 15.4 Å². The number of piperidine rings is 1. The monoisotopic (exact) mass is 321 g/mol. The zero-order chi connectivity index (χ0) is 16.2. The van der Waals surface area contributed by atoms with Crippen LogP contribution < -0.4 is 11.2 Å². The lowest BCUT2D eigenvalue weighted by Crippen LogP contribution is -2.42. The molecule has 23 heavy (non-hydrogen) atoms. The molecule has 2 atom stereocenters. The Morgan fingerprint density at radius 3 is 2.96 bits per heavy atom. The number of allylic oxidation sites excluding steroid dienone is 1. The summed E-state index contributed by atoms with van der Waals surface area (Å²) >= 11 is 0. The Balaban J connectivity index is 1.52. The van der Waals surface area contributed by atoms with Gasteiger partial charge in [-0.2, -0.15) is 0 Å². The summed E-state index contributed by atoms with van der Waals surface area (Å²) in [6, 6.07) is -0.398. The van der Waals surface area contributed by atoms with Crippen molar-refractivity contribution >= 4 is 11.9 Å². The van der Waals surface area contributed by atoms with E-state index in [0.29, 0.717) is 26.1 Å². The first-order valence-corrected chi connectivity index (χ1v) is 8.15. The van der Waals surface area contributed by atoms with Crippen LogP contribution in [0.1, 0.15) is 32.1 Å². The second-order valence-corrected chi connectivity index (χ2v) is 6.15. The highest BCUT2D eigenvalue weighted by Gasteiger charge is 2.27. The van der Waals surface area contributed by atoms with E-state index in [9.17, 15) is 9.59 Å². The molecule has 0 spiro atoms. The van der Waals surface area contributed by atoms with Crippen molar-refractivity contribution in [3.63, 3.8) is 0 Å². The van der Waals surface area contributed by atoms with Gasteiger partial charge in [-0.05, 0) is 36.8 Å². The van der Waals surface area contributed by atoms with Crippen molar-refractivity contribution in [2.45, 2.75) is 38.4 Å². The Kier molecular flexibility index (Phi) is 4.97. The maximum atomic E-state index is 12.2. The molecule has 7 nitrogen and oxygen atoms in total. The third-order valence-electron chi connectivity index (χ3n) is 4.52. The first-order chi connectivity index (χ1) is 11.1. The number of hydroxylamine groups is 1. The van der Waals surface area contributed by atoms with Gasteiger partial charge >= 0.3 is 6.03 Å². The van der Waals surface area contributed by atoms with E-state index in [2.05, 4.69) is 5.48 Å². The zero-order valence-electron chi connectivity index (χ0n) is 13.1. The number of nitrogens with one attached hydrogen (secondary N) is 1. The fourth-order valence-corrected chi connectivity index (χ4v) is 3.14. The molecule has 2 fully saturated rings. The van der Waals surface area contributed by atoms with Crippen molar-refractivity contribution in [2.75, 3.05) is 19.7 Å². The molecule has 0 aromatic heterocycles. The predicted molar refractivity (Wildman–Crippen MR) is 82.9 cm³/mol. The third-order valence-corrected chi connectivity index (χ3v) is 4.52. The number of likely N-dealkylation sites (tertiary alicyclic amines) is 1. The highest BCUT2D eigenvalue weighted by atomic mass is 16.8. The fourth-order valence-electron chi connectivity index (χ4n) is 3.14. The van der Waals surface area contributed by atoms with Crippen LogP contribution in [-0.2, 0) is 14.4 Å². The normalized spacial score (nSPS) is 27.6. The molecule has 126 valence electrons. The summed E-state index contributed by atoms with van der Waals surface area (Å²) in [7, 11) is 0. The van der Waals surface area contributed by atoms with Crippen LogP contribution in [0.25, 0.3) is 0 Å². The number of fused-ring (bicyclic) bond motifs is 1. The zero-order valence-corrected chi connectivity index (χ0v) is 13.1. The maximum absolute atomic E-state index is 12.2. The lowest BCUT2D eigenvalue weighted by atomic mass is 9.86. The molecular formula is C16H23N3O4. The molecule has 2 heterocycles. The van der Waals surface area contributed by atoms with Gasteiger partial charge in [-0.25, -0.2) is 15.1 Å². The predicted octanol–water partition coefficient (Wildman–Crippen LogP) is 1.22. The van der Waals surface area contributed by atoms with Crippen molar-refractivity contribution < 1.29 is 19.2 Å². The molecule has 0 saturated carbocycles. The van der Waals surface area contributed by atoms with Crippen molar-refractivity contribution in [2.24, 2.45) is 11.7 Å². The van der Waals surface area contributed by atoms with Crippen LogP contribution in [-0.4, -0.2) is 42.8 Å². The van der Waals surface area contributed by atoms with E-state index in [1.54, 1.807) is 4.90 Å². The van der Waals surface area contributed by atoms with E-state index >= 15 is 0 Å². The first-order valence-electron chi connectivity index (χ1n) is 8.15. The first kappa shape index (κ1) is 16.0. The number of carbonyl (C=O) groups is 2. The summed E-state index contributed by atoms with van der Waals surface area (Å²) < 4.78 is 5.42. The largest absolute Gasteiger partial charge is 0.351 e. The third kappa shape index (κ3) is 3.92. The van der Waals surface area contributed by atoms with E-state index in [1.165, 1.54) is 0 Å². The Morgan fingerprint density at radius 2 is 2.22 bits per heavy atom. The number of nitrogens with zero attached hydrogens (tertiary/aromatic N) is 1. The van der Waals surface area contributed by atoms with Crippen LogP contribution in [0.5, 0.6) is 0 Å². The van der Waals surface area contributed by atoms with E-state index in [0.717, 1.165) is 36.8 Å². The van der Waals surface area contributed by atoms with E-state index < -0.39 is 6.03 Å². The van der Waals surface area contributed by atoms with Crippen LogP contribution in [0, 0.1) is 5.92 Å². The number of primary amides is 1. The number of carbonyl (C=O) groups excluding carboxylic acids is 2. The highest BCUT2D eigenvalue weighted by Crippen LogP contribution is 2.29. The number of rotatable bonds is 3. The summed E-state index contributed by atoms with van der Waals surface area (Å²) in [5, 5.41) is 0. The van der Waals surface area contributed by atoms with Crippen LogP contribution >= 0.6 is 0 Å². The molecule has 1 aliphatic carbocycles. The smallest absolute Gasteiger partial charge is 0.315 e. The van der Waals surface area contributed by atoms with Crippen LogP contribution in [0.15, 0.2) is 23.3 Å². The molecule has 3 N–H and O–H groups in total. The topological polar surface area (TPSA) is 93.9 Å². The van der Waals surface area contributed by atoms with Gasteiger partial charge in [0.25, 0.3) is 5.91 Å². The SMILES string of the molecule is NC(=O)N1CCC2=CC(C(=O)NOC3CCCCO3)CC=C2C1. The van der Waals surface area contributed by atoms with E-state index in [4.69, 9.17) is 15.3 Å². The van der Waals surface area contributed by atoms with Crippen molar-refractivity contribution in [1.29, 1.82) is 0 Å². The molecule has 0 aromatic rings. The second kappa shape index (κ2) is 7.14. The number of hydrogen-bond acceptors (Lipinski definition) is 4. The average molecular weight is 321 g/mol. The summed E-state index contributed by atoms with van der Waals surface area (Å²) in [6.45, 7) is 1.80. The second-order valence-electron chi connectivity index (χ2n) is 6.15. The Hall–Kier alpha value is -1.86. The lowest BCUT2D eigenvalue weighted by Gasteiger charge is -2.32. The maximum Gasteiger partial charge on any atom is 0.315 e. The quantitative estimate of drug-likeness (QED) is 0.764. The lowest BCUT2D eigenvalue weighted by molar-refractivity contribution is -0.201. The Labute approximate surface area is 135 Å². The van der Waals surface area contributed by atoms with Crippen molar-refractivity contribution in [1.82, 2.24) is 10.4 Å². The minimum absolute atomic E-state index is 0.153. The van der Waals surface area contributed by atoms with Crippen LogP contribution in [0.2, 0.25) is 0 Å². The minimum Gasteiger partial charge on any atom is -0.351 e. The molecule has 3 amide bonds. The molecule has 0 radical (unpaired) electrons. The van der Waals surface area contributed by atoms with Gasteiger partial charge in [0, 0.05) is 26.1 Å².